The van der Waals surface area contributed by atoms with Crippen LogP contribution in [-0.4, -0.2) is 49.4 Å². The van der Waals surface area contributed by atoms with Crippen LogP contribution in [0.5, 0.6) is 0 Å². The molecular formula is C61H130F16. The Morgan fingerprint density at radius 2 is 0.662 bits per heavy atom. The van der Waals surface area contributed by atoms with Crippen molar-refractivity contribution < 1.29 is 73.0 Å². The van der Waals surface area contributed by atoms with Gasteiger partial charge in [0, 0.05) is 34.3 Å². The Morgan fingerprint density at radius 1 is 0.390 bits per heavy atom. The van der Waals surface area contributed by atoms with E-state index in [-0.39, 0.29) is 44.7 Å². The maximum absolute atomic E-state index is 11.9. The first-order chi connectivity index (χ1) is 35.0. The summed E-state index contributed by atoms with van der Waals surface area (Å²) < 4.78 is 200. The van der Waals surface area contributed by atoms with Crippen molar-refractivity contribution in [1.29, 1.82) is 0 Å². The van der Waals surface area contributed by atoms with E-state index in [9.17, 15) is 70.2 Å². The lowest BCUT2D eigenvalue weighted by molar-refractivity contribution is -0.170. The molecule has 0 radical (unpaired) electrons. The SMILES string of the molecule is CCC(C)(C)C.CCC(C)C.CCC(C)C.CCC(C)C.CCC(C)C(F)(F)F.CCC(C)C(F)F.CCC(C)CF.CCC(F)(F)CC.CCCC(C)(F)F.CCCC(C)(F)F.CCCC(C)F.[2H]C([2H])(C)C(C)C(F)(F)F. The first kappa shape index (κ1) is 98.0. The van der Waals surface area contributed by atoms with Gasteiger partial charge in [-0.1, -0.05) is 231 Å². The topological polar surface area (TPSA) is 0 Å². The lowest BCUT2D eigenvalue weighted by atomic mass is 9.94. The zero-order valence-corrected chi connectivity index (χ0v) is 55.1. The second-order valence-corrected chi connectivity index (χ2v) is 21.9. The van der Waals surface area contributed by atoms with Crippen LogP contribution in [0.2, 0.25) is 0 Å². The van der Waals surface area contributed by atoms with Gasteiger partial charge in [0.2, 0.25) is 24.2 Å². The van der Waals surface area contributed by atoms with E-state index < -0.39 is 66.8 Å². The number of hydrogen-bond donors (Lipinski definition) is 0. The second-order valence-electron chi connectivity index (χ2n) is 21.9. The Kier molecular flexibility index (Phi) is 83.6. The molecule has 0 bridgehead atoms. The van der Waals surface area contributed by atoms with E-state index in [0.29, 0.717) is 31.1 Å². The van der Waals surface area contributed by atoms with E-state index in [4.69, 9.17) is 2.74 Å². The van der Waals surface area contributed by atoms with Gasteiger partial charge in [-0.3, -0.25) is 4.39 Å². The summed E-state index contributed by atoms with van der Waals surface area (Å²) in [5.74, 6) is -7.88. The summed E-state index contributed by atoms with van der Waals surface area (Å²) in [4.78, 5) is 0. The van der Waals surface area contributed by atoms with Gasteiger partial charge in [0.1, 0.15) is 0 Å². The van der Waals surface area contributed by atoms with Crippen LogP contribution in [0.25, 0.3) is 0 Å². The van der Waals surface area contributed by atoms with E-state index in [1.807, 2.05) is 20.8 Å². The molecule has 486 valence electrons. The molecule has 16 heteroatoms. The van der Waals surface area contributed by atoms with Crippen molar-refractivity contribution >= 4 is 0 Å². The molecule has 0 amide bonds. The van der Waals surface area contributed by atoms with Crippen molar-refractivity contribution in [3.8, 4) is 0 Å². The van der Waals surface area contributed by atoms with E-state index in [1.165, 1.54) is 53.4 Å². The Balaban J connectivity index is -0.0000000623. The molecule has 0 aromatic rings. The molecule has 0 saturated heterocycles. The Morgan fingerprint density at radius 3 is 0.662 bits per heavy atom. The highest BCUT2D eigenvalue weighted by molar-refractivity contribution is 4.60. The zero-order valence-electron chi connectivity index (χ0n) is 57.1. The van der Waals surface area contributed by atoms with E-state index in [0.717, 1.165) is 58.3 Å². The van der Waals surface area contributed by atoms with Crippen molar-refractivity contribution in [3.63, 3.8) is 0 Å². The minimum Gasteiger partial charge on any atom is -0.251 e. The lowest BCUT2D eigenvalue weighted by Crippen LogP contribution is -2.18. The normalized spacial score (nSPS) is 13.6. The minimum atomic E-state index is -4.43. The molecule has 0 aliphatic heterocycles. The van der Waals surface area contributed by atoms with Gasteiger partial charge in [-0.2, -0.15) is 26.3 Å². The molecule has 0 rings (SSSR count). The van der Waals surface area contributed by atoms with Gasteiger partial charge in [0.25, 0.3) is 0 Å². The molecule has 0 aromatic heterocycles. The van der Waals surface area contributed by atoms with E-state index >= 15 is 0 Å². The van der Waals surface area contributed by atoms with E-state index in [1.54, 1.807) is 34.6 Å². The molecule has 0 heterocycles. The third-order valence-corrected chi connectivity index (χ3v) is 10.7. The first-order valence-corrected chi connectivity index (χ1v) is 28.8. The fourth-order valence-electron chi connectivity index (χ4n) is 2.21. The molecule has 0 nitrogen and oxygen atoms in total. The number of halogens is 16. The van der Waals surface area contributed by atoms with Crippen molar-refractivity contribution in [1.82, 2.24) is 0 Å². The molecule has 5 unspecified atom stereocenters. The Hall–Kier alpha value is -1.12. The highest BCUT2D eigenvalue weighted by Gasteiger charge is 2.34. The number of hydrogen-bond acceptors (Lipinski definition) is 0. The summed E-state index contributed by atoms with van der Waals surface area (Å²) >= 11 is 0. The van der Waals surface area contributed by atoms with Gasteiger partial charge in [-0.15, -0.1) is 0 Å². The third kappa shape index (κ3) is 154. The summed E-state index contributed by atoms with van der Waals surface area (Å²) in [6, 6.07) is 0. The second kappa shape index (κ2) is 65.7. The van der Waals surface area contributed by atoms with Gasteiger partial charge in [-0.05, 0) is 75.5 Å². The monoisotopic (exact) mass is 1170 g/mol. The molecule has 0 aliphatic rings. The van der Waals surface area contributed by atoms with E-state index in [2.05, 4.69) is 90.0 Å². The molecule has 0 aromatic carbocycles. The quantitative estimate of drug-likeness (QED) is 0.127. The van der Waals surface area contributed by atoms with Crippen LogP contribution < -0.4 is 0 Å². The molecule has 0 fully saturated rings. The fraction of sp³-hybridized carbons (Fsp3) is 1.00. The maximum Gasteiger partial charge on any atom is 0.391 e. The van der Waals surface area contributed by atoms with Crippen LogP contribution in [0.4, 0.5) is 70.2 Å². The molecule has 5 atom stereocenters. The first-order valence-electron chi connectivity index (χ1n) is 29.8. The minimum absolute atomic E-state index is 0.00694. The van der Waals surface area contributed by atoms with Gasteiger partial charge >= 0.3 is 12.4 Å². The largest absolute Gasteiger partial charge is 0.391 e. The molecule has 0 spiro atoms. The number of rotatable bonds is 17. The van der Waals surface area contributed by atoms with Gasteiger partial charge in [-0.25, -0.2) is 39.5 Å². The van der Waals surface area contributed by atoms with Crippen LogP contribution in [-0.2, 0) is 0 Å². The summed E-state index contributed by atoms with van der Waals surface area (Å²) in [7, 11) is 0. The smallest absolute Gasteiger partial charge is 0.251 e. The molecule has 77 heavy (non-hydrogen) atoms. The van der Waals surface area contributed by atoms with Crippen LogP contribution in [0.3, 0.4) is 0 Å². The van der Waals surface area contributed by atoms with Crippen LogP contribution >= 0.6 is 0 Å². The van der Waals surface area contributed by atoms with Crippen LogP contribution in [0, 0.1) is 46.8 Å². The lowest BCUT2D eigenvalue weighted by Gasteiger charge is -2.12. The van der Waals surface area contributed by atoms with Crippen molar-refractivity contribution in [2.75, 3.05) is 6.67 Å². The highest BCUT2D eigenvalue weighted by atomic mass is 19.4. The van der Waals surface area contributed by atoms with Gasteiger partial charge < -0.3 is 0 Å². The molecular weight excluding hydrogens is 1040 g/mol. The average Bonchev–Trinajstić information content (AvgIpc) is 3.30. The summed E-state index contributed by atoms with van der Waals surface area (Å²) in [5.41, 5.74) is 0.542. The average molecular weight is 1170 g/mol. The Bertz CT molecular complexity index is 1030. The summed E-state index contributed by atoms with van der Waals surface area (Å²) in [5, 5.41) is 0. The molecule has 0 aliphatic carbocycles. The standard InChI is InChI=1S/C6H14.2C5H9F3.4C5H10F2.2C5H11F.3C5H12/c1-5-6(2,3)4;2*1-3-4(2)5(6,7)8;2*1-3-4-5(2,6)7;1-3-5(6,7)4-2;1-3-4(2)5(6)7;1-3-5(2)4-6;1-3-4-5(2)6;3*1-4-5(2)3/h5H2,1-4H3;2*4H,3H2,1-2H3;3*3-4H2,1-2H3;4-5H,3H2,1-2H3;2*5H,3-4H2,1-2H3;3*5H,4H2,1-3H3/i;3D2;;;;;;;;;;. The maximum atomic E-state index is 11.9. The van der Waals surface area contributed by atoms with Crippen LogP contribution in [0.1, 0.15) is 306 Å². The Labute approximate surface area is 471 Å². The molecule has 0 saturated carbocycles. The van der Waals surface area contributed by atoms with Gasteiger partial charge in [0.15, 0.2) is 0 Å². The predicted molar refractivity (Wildman–Crippen MR) is 309 cm³/mol. The summed E-state index contributed by atoms with van der Waals surface area (Å²) in [6.07, 6.45) is -3.74. The van der Waals surface area contributed by atoms with Crippen molar-refractivity contribution in [3.05, 3.63) is 0 Å². The zero-order chi connectivity index (χ0) is 67.0. The van der Waals surface area contributed by atoms with Crippen molar-refractivity contribution in [2.45, 2.75) is 346 Å². The summed E-state index contributed by atoms with van der Waals surface area (Å²) in [6.45, 7) is 52.3. The molecule has 0 N–H and O–H groups in total. The third-order valence-electron chi connectivity index (χ3n) is 10.7. The predicted octanol–water partition coefficient (Wildman–Crippen LogP) is 27.6. The number of alkyl halides is 16. The van der Waals surface area contributed by atoms with Crippen molar-refractivity contribution in [2.24, 2.45) is 46.8 Å². The highest BCUT2D eigenvalue weighted by Crippen LogP contribution is 2.28. The fourth-order valence-corrected chi connectivity index (χ4v) is 2.21. The van der Waals surface area contributed by atoms with Crippen LogP contribution in [0.15, 0.2) is 0 Å². The van der Waals surface area contributed by atoms with Gasteiger partial charge in [0.05, 0.1) is 24.7 Å².